The van der Waals surface area contributed by atoms with Gasteiger partial charge in [0.2, 0.25) is 0 Å². The summed E-state index contributed by atoms with van der Waals surface area (Å²) in [7, 11) is -2.91. The zero-order valence-electron chi connectivity index (χ0n) is 14.7. The van der Waals surface area contributed by atoms with E-state index in [1.54, 1.807) is 12.1 Å². The molecule has 140 valence electrons. The first kappa shape index (κ1) is 19.7. The fourth-order valence-corrected chi connectivity index (χ4v) is 3.24. The Morgan fingerprint density at radius 2 is 1.72 bits per heavy atom. The van der Waals surface area contributed by atoms with E-state index in [4.69, 9.17) is 9.84 Å². The third kappa shape index (κ3) is 7.01. The van der Waals surface area contributed by atoms with E-state index in [-0.39, 0.29) is 5.75 Å². The molecule has 0 aliphatic carbocycles. The Balaban J connectivity index is 1.77. The molecule has 0 aromatic heterocycles. The predicted molar refractivity (Wildman–Crippen MR) is 95.6 cm³/mol. The molecule has 1 fully saturated rings. The zero-order chi connectivity index (χ0) is 18.4. The van der Waals surface area contributed by atoms with Crippen LogP contribution in [0.3, 0.4) is 0 Å². The van der Waals surface area contributed by atoms with Crippen LogP contribution in [-0.2, 0) is 21.2 Å². The van der Waals surface area contributed by atoms with Crippen molar-refractivity contribution in [1.29, 1.82) is 0 Å². The first-order valence-corrected chi connectivity index (χ1v) is 10.4. The van der Waals surface area contributed by atoms with Gasteiger partial charge in [0.05, 0.1) is 5.75 Å². The number of aliphatic carboxylic acids is 1. The molecule has 1 aromatic rings. The van der Waals surface area contributed by atoms with Crippen molar-refractivity contribution in [3.05, 3.63) is 29.8 Å². The van der Waals surface area contributed by atoms with Crippen LogP contribution in [0.15, 0.2) is 24.3 Å². The smallest absolute Gasteiger partial charge is 0.344 e. The average Bonchev–Trinajstić information content (AvgIpc) is 2.55. The van der Waals surface area contributed by atoms with Gasteiger partial charge >= 0.3 is 5.97 Å². The molecule has 2 rings (SSSR count). The third-order valence-electron chi connectivity index (χ3n) is 4.23. The topological polar surface area (TPSA) is 87.2 Å². The summed E-state index contributed by atoms with van der Waals surface area (Å²) in [6, 6.07) is 7.47. The second-order valence-corrected chi connectivity index (χ2v) is 8.75. The van der Waals surface area contributed by atoms with E-state index in [0.29, 0.717) is 12.3 Å². The Morgan fingerprint density at radius 3 is 2.24 bits per heavy atom. The minimum Gasteiger partial charge on any atom is -0.479 e. The molecule has 1 aliphatic rings. The molecule has 1 N–H and O–H groups in total. The van der Waals surface area contributed by atoms with E-state index >= 15 is 0 Å². The molecule has 1 aromatic carbocycles. The summed E-state index contributed by atoms with van der Waals surface area (Å²) in [6.45, 7) is 6.45. The number of carboxylic acid groups (broad SMARTS) is 1. The Morgan fingerprint density at radius 1 is 1.16 bits per heavy atom. The number of hydrogen-bond donors (Lipinski definition) is 1. The van der Waals surface area contributed by atoms with Crippen molar-refractivity contribution in [2.24, 2.45) is 0 Å². The Labute approximate surface area is 149 Å². The summed E-state index contributed by atoms with van der Waals surface area (Å²) >= 11 is 0. The van der Waals surface area contributed by atoms with Crippen LogP contribution >= 0.6 is 0 Å². The summed E-state index contributed by atoms with van der Waals surface area (Å²) in [5.74, 6) is -0.231. The SMILES string of the molecule is CC(Oc1ccc(CN2CCN(CCS(C)(=O)=O)CC2)cc1)C(=O)O. The Kier molecular flexibility index (Phi) is 6.80. The monoisotopic (exact) mass is 370 g/mol. The summed E-state index contributed by atoms with van der Waals surface area (Å²) in [6.07, 6.45) is 0.402. The summed E-state index contributed by atoms with van der Waals surface area (Å²) in [4.78, 5) is 15.3. The molecule has 1 aliphatic heterocycles. The molecule has 0 spiro atoms. The summed E-state index contributed by atoms with van der Waals surface area (Å²) < 4.78 is 27.8. The first-order valence-electron chi connectivity index (χ1n) is 8.34. The number of ether oxygens (including phenoxy) is 1. The van der Waals surface area contributed by atoms with Gasteiger partial charge in [-0.3, -0.25) is 9.80 Å². The summed E-state index contributed by atoms with van der Waals surface area (Å²) in [5.41, 5.74) is 1.14. The minimum absolute atomic E-state index is 0.212. The average molecular weight is 370 g/mol. The Hall–Kier alpha value is -1.64. The van der Waals surface area contributed by atoms with Crippen LogP contribution in [0.25, 0.3) is 0 Å². The number of benzene rings is 1. The fraction of sp³-hybridized carbons (Fsp3) is 0.588. The molecular formula is C17H26N2O5S. The number of nitrogens with zero attached hydrogens (tertiary/aromatic N) is 2. The van der Waals surface area contributed by atoms with Crippen molar-refractivity contribution >= 4 is 15.8 Å². The Bertz CT molecular complexity index is 667. The lowest BCUT2D eigenvalue weighted by atomic mass is 10.2. The lowest BCUT2D eigenvalue weighted by molar-refractivity contribution is -0.144. The lowest BCUT2D eigenvalue weighted by Gasteiger charge is -2.34. The molecule has 0 saturated carbocycles. The molecule has 7 nitrogen and oxygen atoms in total. The fourth-order valence-electron chi connectivity index (χ4n) is 2.65. The molecule has 0 amide bonds. The van der Waals surface area contributed by atoms with Crippen molar-refractivity contribution in [3.8, 4) is 5.75 Å². The van der Waals surface area contributed by atoms with E-state index in [2.05, 4.69) is 9.80 Å². The quantitative estimate of drug-likeness (QED) is 0.721. The summed E-state index contributed by atoms with van der Waals surface area (Å²) in [5, 5.41) is 8.85. The van der Waals surface area contributed by atoms with E-state index < -0.39 is 21.9 Å². The van der Waals surface area contributed by atoms with Crippen LogP contribution < -0.4 is 4.74 Å². The third-order valence-corrected chi connectivity index (χ3v) is 5.16. The van der Waals surface area contributed by atoms with Crippen LogP contribution in [0.2, 0.25) is 0 Å². The van der Waals surface area contributed by atoms with Crippen LogP contribution in [0, 0.1) is 0 Å². The molecule has 0 bridgehead atoms. The second kappa shape index (κ2) is 8.64. The van der Waals surface area contributed by atoms with Crippen molar-refractivity contribution in [1.82, 2.24) is 9.80 Å². The zero-order valence-corrected chi connectivity index (χ0v) is 15.5. The van der Waals surface area contributed by atoms with Gasteiger partial charge in [-0.1, -0.05) is 12.1 Å². The number of sulfone groups is 1. The van der Waals surface area contributed by atoms with E-state index in [1.807, 2.05) is 12.1 Å². The molecular weight excluding hydrogens is 344 g/mol. The van der Waals surface area contributed by atoms with Crippen LogP contribution in [0.5, 0.6) is 5.75 Å². The molecule has 1 heterocycles. The number of carbonyl (C=O) groups is 1. The van der Waals surface area contributed by atoms with Gasteiger partial charge in [-0.15, -0.1) is 0 Å². The highest BCUT2D eigenvalue weighted by molar-refractivity contribution is 7.90. The number of piperazine rings is 1. The van der Waals surface area contributed by atoms with Gasteiger partial charge in [0, 0.05) is 45.5 Å². The van der Waals surface area contributed by atoms with E-state index in [9.17, 15) is 13.2 Å². The van der Waals surface area contributed by atoms with Crippen LogP contribution in [-0.4, -0.2) is 80.1 Å². The lowest BCUT2D eigenvalue weighted by Crippen LogP contribution is -2.47. The van der Waals surface area contributed by atoms with E-state index in [1.165, 1.54) is 13.2 Å². The highest BCUT2D eigenvalue weighted by atomic mass is 32.2. The van der Waals surface area contributed by atoms with Gasteiger partial charge in [0.15, 0.2) is 6.10 Å². The maximum atomic E-state index is 11.2. The molecule has 25 heavy (non-hydrogen) atoms. The number of hydrogen-bond acceptors (Lipinski definition) is 6. The van der Waals surface area contributed by atoms with Gasteiger partial charge in [-0.2, -0.15) is 0 Å². The highest BCUT2D eigenvalue weighted by Crippen LogP contribution is 2.16. The predicted octanol–water partition coefficient (Wildman–Crippen LogP) is 0.701. The van der Waals surface area contributed by atoms with Gasteiger partial charge < -0.3 is 9.84 Å². The second-order valence-electron chi connectivity index (χ2n) is 6.49. The molecule has 1 atom stereocenters. The van der Waals surface area contributed by atoms with Crippen molar-refractivity contribution in [2.75, 3.05) is 44.7 Å². The standard InChI is InChI=1S/C17H26N2O5S/c1-14(17(20)21)24-16-5-3-15(4-6-16)13-19-9-7-18(8-10-19)11-12-25(2,22)23/h3-6,14H,7-13H2,1-2H3,(H,20,21). The first-order chi connectivity index (χ1) is 11.7. The number of carboxylic acids is 1. The largest absolute Gasteiger partial charge is 0.479 e. The van der Waals surface area contributed by atoms with Crippen LogP contribution in [0.4, 0.5) is 0 Å². The van der Waals surface area contributed by atoms with Crippen molar-refractivity contribution in [2.45, 2.75) is 19.6 Å². The van der Waals surface area contributed by atoms with Gasteiger partial charge in [0.25, 0.3) is 0 Å². The van der Waals surface area contributed by atoms with Gasteiger partial charge in [-0.25, -0.2) is 13.2 Å². The number of rotatable bonds is 8. The minimum atomic E-state index is -2.91. The van der Waals surface area contributed by atoms with Gasteiger partial charge in [0.1, 0.15) is 15.6 Å². The molecule has 0 radical (unpaired) electrons. The van der Waals surface area contributed by atoms with E-state index in [0.717, 1.165) is 38.3 Å². The molecule has 1 saturated heterocycles. The maximum absolute atomic E-state index is 11.2. The normalized spacial score (nSPS) is 18.0. The van der Waals surface area contributed by atoms with Crippen molar-refractivity contribution < 1.29 is 23.1 Å². The molecule has 8 heteroatoms. The van der Waals surface area contributed by atoms with Crippen molar-refractivity contribution in [3.63, 3.8) is 0 Å². The van der Waals surface area contributed by atoms with Crippen LogP contribution in [0.1, 0.15) is 12.5 Å². The van der Waals surface area contributed by atoms with Gasteiger partial charge in [-0.05, 0) is 24.6 Å². The maximum Gasteiger partial charge on any atom is 0.344 e. The highest BCUT2D eigenvalue weighted by Gasteiger charge is 2.18. The molecule has 1 unspecified atom stereocenters.